The molecular formula is C11H19N5S. The topological polar surface area (TPSA) is 75.9 Å². The van der Waals surface area contributed by atoms with Crippen LogP contribution in [-0.4, -0.2) is 27.5 Å². The molecule has 1 fully saturated rings. The Morgan fingerprint density at radius 3 is 2.76 bits per heavy atom. The van der Waals surface area contributed by atoms with Crippen LogP contribution in [0, 0.1) is 6.92 Å². The first-order valence-corrected chi connectivity index (χ1v) is 7.11. The van der Waals surface area contributed by atoms with Crippen molar-refractivity contribution in [1.82, 2.24) is 9.97 Å². The fraction of sp³-hybridized carbons (Fsp3) is 0.636. The van der Waals surface area contributed by atoms with Crippen molar-refractivity contribution in [3.63, 3.8) is 0 Å². The van der Waals surface area contributed by atoms with Crippen LogP contribution < -0.4 is 16.6 Å². The number of nitrogens with two attached hydrogens (primary N) is 1. The van der Waals surface area contributed by atoms with Crippen LogP contribution in [0.2, 0.25) is 0 Å². The fourth-order valence-corrected chi connectivity index (χ4v) is 3.02. The lowest BCUT2D eigenvalue weighted by molar-refractivity contribution is 0.750. The number of nitrogens with one attached hydrogen (secondary N) is 2. The van der Waals surface area contributed by atoms with Gasteiger partial charge in [-0.05, 0) is 32.4 Å². The average Bonchev–Trinajstić information content (AvgIpc) is 2.79. The van der Waals surface area contributed by atoms with Crippen LogP contribution >= 0.6 is 11.8 Å². The van der Waals surface area contributed by atoms with Crippen LogP contribution in [0.1, 0.15) is 24.8 Å². The molecule has 0 amide bonds. The molecule has 17 heavy (non-hydrogen) atoms. The summed E-state index contributed by atoms with van der Waals surface area (Å²) in [5.41, 5.74) is 3.56. The third-order valence-corrected chi connectivity index (χ3v) is 4.37. The Morgan fingerprint density at radius 2 is 2.12 bits per heavy atom. The van der Waals surface area contributed by atoms with E-state index in [1.54, 1.807) is 0 Å². The zero-order chi connectivity index (χ0) is 12.3. The Bertz CT molecular complexity index is 384. The molecule has 0 radical (unpaired) electrons. The lowest BCUT2D eigenvalue weighted by Gasteiger charge is -2.16. The molecule has 1 aromatic heterocycles. The van der Waals surface area contributed by atoms with E-state index in [0.29, 0.717) is 11.9 Å². The summed E-state index contributed by atoms with van der Waals surface area (Å²) in [5.74, 6) is 6.97. The second kappa shape index (κ2) is 5.55. The molecule has 1 saturated carbocycles. The molecule has 0 spiro atoms. The number of hydrogen-bond donors (Lipinski definition) is 3. The normalized spacial score (nSPS) is 23.7. The Hall–Kier alpha value is -1.01. The number of hydrogen-bond acceptors (Lipinski definition) is 6. The van der Waals surface area contributed by atoms with Gasteiger partial charge in [-0.3, -0.25) is 0 Å². The quantitative estimate of drug-likeness (QED) is 0.561. The minimum absolute atomic E-state index is 0.520. The van der Waals surface area contributed by atoms with E-state index >= 15 is 0 Å². The van der Waals surface area contributed by atoms with E-state index in [1.807, 2.05) is 18.7 Å². The number of nitrogens with zero attached hydrogens (tertiary/aromatic N) is 2. The molecule has 0 aliphatic heterocycles. The van der Waals surface area contributed by atoms with Gasteiger partial charge in [0.25, 0.3) is 0 Å². The van der Waals surface area contributed by atoms with Crippen molar-refractivity contribution in [2.24, 2.45) is 5.84 Å². The molecule has 0 aromatic carbocycles. The van der Waals surface area contributed by atoms with E-state index in [1.165, 1.54) is 25.6 Å². The lowest BCUT2D eigenvalue weighted by Crippen LogP contribution is -2.19. The highest BCUT2D eigenvalue weighted by Crippen LogP contribution is 2.30. The van der Waals surface area contributed by atoms with Crippen molar-refractivity contribution in [3.05, 3.63) is 11.9 Å². The molecule has 94 valence electrons. The number of aromatic nitrogens is 2. The molecule has 1 aliphatic carbocycles. The first-order valence-electron chi connectivity index (χ1n) is 5.82. The van der Waals surface area contributed by atoms with Crippen LogP contribution in [0.15, 0.2) is 6.33 Å². The number of anilines is 2. The lowest BCUT2D eigenvalue weighted by atomic mass is 10.2. The first kappa shape index (κ1) is 12.4. The maximum absolute atomic E-state index is 5.40. The zero-order valence-corrected chi connectivity index (χ0v) is 11.0. The summed E-state index contributed by atoms with van der Waals surface area (Å²) in [7, 11) is 0. The van der Waals surface area contributed by atoms with Crippen molar-refractivity contribution in [2.45, 2.75) is 37.5 Å². The van der Waals surface area contributed by atoms with Gasteiger partial charge in [-0.2, -0.15) is 11.8 Å². The smallest absolute Gasteiger partial charge is 0.148 e. The number of hydrazine groups is 1. The Labute approximate surface area is 106 Å². The van der Waals surface area contributed by atoms with Gasteiger partial charge in [-0.1, -0.05) is 0 Å². The van der Waals surface area contributed by atoms with Gasteiger partial charge in [0.2, 0.25) is 0 Å². The van der Waals surface area contributed by atoms with Crippen LogP contribution in [0.3, 0.4) is 0 Å². The van der Waals surface area contributed by atoms with Gasteiger partial charge in [0.05, 0.1) is 0 Å². The average molecular weight is 253 g/mol. The number of nitrogen functional groups attached to an aromatic ring is 1. The summed E-state index contributed by atoms with van der Waals surface area (Å²) in [6.45, 7) is 1.97. The first-order chi connectivity index (χ1) is 8.24. The zero-order valence-electron chi connectivity index (χ0n) is 10.2. The highest BCUT2D eigenvalue weighted by Gasteiger charge is 2.24. The van der Waals surface area contributed by atoms with Gasteiger partial charge in [-0.15, -0.1) is 0 Å². The summed E-state index contributed by atoms with van der Waals surface area (Å²) in [4.78, 5) is 8.35. The van der Waals surface area contributed by atoms with E-state index < -0.39 is 0 Å². The minimum Gasteiger partial charge on any atom is -0.367 e. The van der Waals surface area contributed by atoms with E-state index in [0.717, 1.165) is 16.6 Å². The molecule has 4 N–H and O–H groups in total. The van der Waals surface area contributed by atoms with Gasteiger partial charge in [0.15, 0.2) is 0 Å². The summed E-state index contributed by atoms with van der Waals surface area (Å²) >= 11 is 1.95. The molecule has 0 bridgehead atoms. The number of thioether (sulfide) groups is 1. The van der Waals surface area contributed by atoms with Crippen molar-refractivity contribution < 1.29 is 0 Å². The Kier molecular flexibility index (Phi) is 4.06. The van der Waals surface area contributed by atoms with Gasteiger partial charge in [0, 0.05) is 16.9 Å². The standard InChI is InChI=1S/C11H19N5S/c1-7-10(13-6-14-11(7)16-12)15-8-3-4-9(5-8)17-2/h6,8-9H,3-5,12H2,1-2H3,(H2,13,14,15,16). The maximum atomic E-state index is 5.40. The predicted octanol–water partition coefficient (Wildman–Crippen LogP) is 1.77. The molecular weight excluding hydrogens is 234 g/mol. The molecule has 1 aliphatic rings. The molecule has 2 atom stereocenters. The summed E-state index contributed by atoms with van der Waals surface area (Å²) in [6, 6.07) is 0.520. The predicted molar refractivity (Wildman–Crippen MR) is 73.1 cm³/mol. The van der Waals surface area contributed by atoms with Crippen molar-refractivity contribution in [2.75, 3.05) is 17.0 Å². The summed E-state index contributed by atoms with van der Waals surface area (Å²) in [5, 5.41) is 4.27. The fourth-order valence-electron chi connectivity index (χ4n) is 2.22. The molecule has 5 nitrogen and oxygen atoms in total. The largest absolute Gasteiger partial charge is 0.367 e. The minimum atomic E-state index is 0.520. The van der Waals surface area contributed by atoms with Crippen molar-refractivity contribution in [3.8, 4) is 0 Å². The maximum Gasteiger partial charge on any atom is 0.148 e. The van der Waals surface area contributed by atoms with Crippen molar-refractivity contribution >= 4 is 23.4 Å². The molecule has 0 saturated heterocycles. The molecule has 1 aromatic rings. The second-order valence-corrected chi connectivity index (χ2v) is 5.49. The molecule has 2 unspecified atom stereocenters. The van der Waals surface area contributed by atoms with Gasteiger partial charge < -0.3 is 10.7 Å². The third-order valence-electron chi connectivity index (χ3n) is 3.28. The molecule has 2 rings (SSSR count). The van der Waals surface area contributed by atoms with Gasteiger partial charge >= 0.3 is 0 Å². The van der Waals surface area contributed by atoms with Crippen LogP contribution in [0.4, 0.5) is 11.6 Å². The Morgan fingerprint density at radius 1 is 1.35 bits per heavy atom. The van der Waals surface area contributed by atoms with E-state index in [4.69, 9.17) is 5.84 Å². The van der Waals surface area contributed by atoms with Crippen LogP contribution in [0.25, 0.3) is 0 Å². The summed E-state index contributed by atoms with van der Waals surface area (Å²) in [6.07, 6.45) is 7.41. The monoisotopic (exact) mass is 253 g/mol. The third kappa shape index (κ3) is 2.81. The van der Waals surface area contributed by atoms with Crippen LogP contribution in [-0.2, 0) is 0 Å². The molecule has 1 heterocycles. The SMILES string of the molecule is CSC1CCC(Nc2ncnc(NN)c2C)C1. The van der Waals surface area contributed by atoms with E-state index in [2.05, 4.69) is 27.0 Å². The second-order valence-electron chi connectivity index (χ2n) is 4.35. The van der Waals surface area contributed by atoms with Gasteiger partial charge in [0.1, 0.15) is 18.0 Å². The van der Waals surface area contributed by atoms with Crippen LogP contribution in [0.5, 0.6) is 0 Å². The van der Waals surface area contributed by atoms with E-state index in [-0.39, 0.29) is 0 Å². The Balaban J connectivity index is 2.04. The highest BCUT2D eigenvalue weighted by atomic mass is 32.2. The molecule has 6 heteroatoms. The number of rotatable bonds is 4. The van der Waals surface area contributed by atoms with Gasteiger partial charge in [-0.25, -0.2) is 15.8 Å². The van der Waals surface area contributed by atoms with Crippen molar-refractivity contribution in [1.29, 1.82) is 0 Å². The summed E-state index contributed by atoms with van der Waals surface area (Å²) < 4.78 is 0. The highest BCUT2D eigenvalue weighted by molar-refractivity contribution is 7.99. The van der Waals surface area contributed by atoms with E-state index in [9.17, 15) is 0 Å².